The third-order valence-electron chi connectivity index (χ3n) is 2.79. The van der Waals surface area contributed by atoms with Gasteiger partial charge in [0, 0.05) is 6.54 Å². The van der Waals surface area contributed by atoms with Gasteiger partial charge in [0.05, 0.1) is 39.9 Å². The molecular formula is C13H11IN2. The first-order valence-electron chi connectivity index (χ1n) is 5.23. The number of halogens is 1. The first-order valence-corrected chi connectivity index (χ1v) is 6.19. The number of nitrogens with one attached hydrogen (secondary N) is 1. The van der Waals surface area contributed by atoms with E-state index in [-0.39, 0.29) is 0 Å². The summed E-state index contributed by atoms with van der Waals surface area (Å²) in [5.41, 5.74) is 5.00. The predicted molar refractivity (Wildman–Crippen MR) is 76.4 cm³/mol. The van der Waals surface area contributed by atoms with Gasteiger partial charge in [-0.1, -0.05) is 30.3 Å². The molecule has 0 radical (unpaired) electrons. The third kappa shape index (κ3) is 1.55. The van der Waals surface area contributed by atoms with E-state index in [1.165, 1.54) is 22.6 Å². The van der Waals surface area contributed by atoms with Gasteiger partial charge in [-0.15, -0.1) is 0 Å². The van der Waals surface area contributed by atoms with Crippen LogP contribution in [-0.4, -0.2) is 0 Å². The van der Waals surface area contributed by atoms with E-state index in [1.54, 1.807) is 0 Å². The van der Waals surface area contributed by atoms with E-state index in [2.05, 4.69) is 79.8 Å². The van der Waals surface area contributed by atoms with Crippen LogP contribution in [0, 0.1) is 0 Å². The summed E-state index contributed by atoms with van der Waals surface area (Å²) < 4.78 is 2.21. The van der Waals surface area contributed by atoms with Crippen molar-refractivity contribution in [2.24, 2.45) is 0 Å². The van der Waals surface area contributed by atoms with Gasteiger partial charge in [0.15, 0.2) is 0 Å². The van der Waals surface area contributed by atoms with Gasteiger partial charge in [-0.05, 0) is 23.8 Å². The molecule has 1 aliphatic rings. The summed E-state index contributed by atoms with van der Waals surface area (Å²) in [5.74, 6) is 0. The number of para-hydroxylation sites is 3. The van der Waals surface area contributed by atoms with Crippen molar-refractivity contribution in [3.05, 3.63) is 54.1 Å². The van der Waals surface area contributed by atoms with Crippen molar-refractivity contribution < 1.29 is 0 Å². The zero-order valence-electron chi connectivity index (χ0n) is 8.65. The first-order chi connectivity index (χ1) is 7.86. The molecule has 2 aromatic carbocycles. The molecular weight excluding hydrogens is 311 g/mol. The Morgan fingerprint density at radius 1 is 0.938 bits per heavy atom. The quantitative estimate of drug-likeness (QED) is 0.580. The highest BCUT2D eigenvalue weighted by atomic mass is 127. The van der Waals surface area contributed by atoms with E-state index in [9.17, 15) is 0 Å². The predicted octanol–water partition coefficient (Wildman–Crippen LogP) is 4.10. The molecule has 0 atom stereocenters. The van der Waals surface area contributed by atoms with Crippen molar-refractivity contribution in [3.63, 3.8) is 0 Å². The molecule has 0 saturated heterocycles. The van der Waals surface area contributed by atoms with Gasteiger partial charge in [0.1, 0.15) is 0 Å². The summed E-state index contributed by atoms with van der Waals surface area (Å²) in [6, 6.07) is 16.9. The minimum Gasteiger partial charge on any atom is -0.379 e. The average Bonchev–Trinajstić information content (AvgIpc) is 2.49. The van der Waals surface area contributed by atoms with E-state index in [1.807, 2.05) is 0 Å². The minimum atomic E-state index is 0.882. The Morgan fingerprint density at radius 2 is 1.62 bits per heavy atom. The van der Waals surface area contributed by atoms with Crippen LogP contribution in [0.25, 0.3) is 0 Å². The lowest BCUT2D eigenvalue weighted by Gasteiger charge is -2.18. The third-order valence-corrected chi connectivity index (χ3v) is 3.83. The van der Waals surface area contributed by atoms with Gasteiger partial charge in [-0.25, -0.2) is 0 Å². The molecule has 3 heteroatoms. The lowest BCUT2D eigenvalue weighted by Crippen LogP contribution is -2.01. The maximum atomic E-state index is 3.47. The molecule has 0 spiro atoms. The molecule has 0 fully saturated rings. The lowest BCUT2D eigenvalue weighted by atomic mass is 10.2. The highest BCUT2D eigenvalue weighted by Crippen LogP contribution is 2.39. The van der Waals surface area contributed by atoms with Gasteiger partial charge >= 0.3 is 0 Å². The molecule has 3 rings (SSSR count). The Bertz CT molecular complexity index is 477. The normalized spacial score (nSPS) is 13.4. The number of fused-ring (bicyclic) bond motifs is 2. The van der Waals surface area contributed by atoms with Gasteiger partial charge < -0.3 is 5.32 Å². The van der Waals surface area contributed by atoms with E-state index < -0.39 is 0 Å². The monoisotopic (exact) mass is 322 g/mol. The molecule has 16 heavy (non-hydrogen) atoms. The fraction of sp³-hybridized carbons (Fsp3) is 0.0769. The Kier molecular flexibility index (Phi) is 2.47. The van der Waals surface area contributed by atoms with Gasteiger partial charge in [-0.2, -0.15) is 0 Å². The highest BCUT2D eigenvalue weighted by molar-refractivity contribution is 14.1. The van der Waals surface area contributed by atoms with Crippen molar-refractivity contribution in [1.29, 1.82) is 0 Å². The Morgan fingerprint density at radius 3 is 2.50 bits per heavy atom. The highest BCUT2D eigenvalue weighted by Gasteiger charge is 2.17. The lowest BCUT2D eigenvalue weighted by molar-refractivity contribution is 1.17. The summed E-state index contributed by atoms with van der Waals surface area (Å²) in [6.45, 7) is 0.882. The molecule has 0 bridgehead atoms. The maximum Gasteiger partial charge on any atom is 0.0742 e. The average molecular weight is 322 g/mol. The van der Waals surface area contributed by atoms with Crippen LogP contribution in [0.15, 0.2) is 48.5 Å². The second-order valence-electron chi connectivity index (χ2n) is 3.78. The number of hydrogen-bond acceptors (Lipinski definition) is 2. The van der Waals surface area contributed by atoms with Crippen LogP contribution in [0.1, 0.15) is 5.56 Å². The van der Waals surface area contributed by atoms with Crippen molar-refractivity contribution in [3.8, 4) is 0 Å². The molecule has 2 nitrogen and oxygen atoms in total. The van der Waals surface area contributed by atoms with E-state index in [0.29, 0.717) is 0 Å². The molecule has 1 aliphatic heterocycles. The molecule has 80 valence electrons. The molecule has 0 unspecified atom stereocenters. The summed E-state index contributed by atoms with van der Waals surface area (Å²) in [6.07, 6.45) is 0. The molecule has 1 N–H and O–H groups in total. The van der Waals surface area contributed by atoms with Crippen molar-refractivity contribution >= 4 is 39.9 Å². The molecule has 0 aromatic heterocycles. The van der Waals surface area contributed by atoms with Crippen LogP contribution < -0.4 is 8.43 Å². The topological polar surface area (TPSA) is 15.3 Å². The van der Waals surface area contributed by atoms with Gasteiger partial charge in [0.2, 0.25) is 0 Å². The van der Waals surface area contributed by atoms with Crippen LogP contribution in [0.4, 0.5) is 17.1 Å². The fourth-order valence-electron chi connectivity index (χ4n) is 1.97. The van der Waals surface area contributed by atoms with E-state index in [4.69, 9.17) is 0 Å². The molecule has 1 heterocycles. The SMILES string of the molecule is IN1c2ccccc2CNc2ccccc21. The van der Waals surface area contributed by atoms with Crippen LogP contribution in [-0.2, 0) is 6.54 Å². The van der Waals surface area contributed by atoms with Crippen LogP contribution in [0.2, 0.25) is 0 Å². The van der Waals surface area contributed by atoms with Crippen LogP contribution in [0.3, 0.4) is 0 Å². The van der Waals surface area contributed by atoms with Crippen molar-refractivity contribution in [1.82, 2.24) is 0 Å². The van der Waals surface area contributed by atoms with Gasteiger partial charge in [0.25, 0.3) is 0 Å². The van der Waals surface area contributed by atoms with Gasteiger partial charge in [-0.3, -0.25) is 3.11 Å². The van der Waals surface area contributed by atoms with Crippen LogP contribution >= 0.6 is 22.9 Å². The van der Waals surface area contributed by atoms with E-state index in [0.717, 1.165) is 6.54 Å². The second-order valence-corrected chi connectivity index (χ2v) is 4.75. The zero-order chi connectivity index (χ0) is 11.0. The summed E-state index contributed by atoms with van der Waals surface area (Å²) in [5, 5.41) is 3.47. The maximum absolute atomic E-state index is 3.47. The van der Waals surface area contributed by atoms with Crippen molar-refractivity contribution in [2.75, 3.05) is 8.43 Å². The van der Waals surface area contributed by atoms with Crippen LogP contribution in [0.5, 0.6) is 0 Å². The number of anilines is 3. The number of nitrogens with zero attached hydrogens (tertiary/aromatic N) is 1. The molecule has 0 aliphatic carbocycles. The minimum absolute atomic E-state index is 0.882. The first kappa shape index (κ1) is 9.96. The second kappa shape index (κ2) is 3.97. The Balaban J connectivity index is 2.18. The molecule has 0 saturated carbocycles. The number of hydrogen-bond donors (Lipinski definition) is 1. The molecule has 0 amide bonds. The summed E-state index contributed by atoms with van der Waals surface area (Å²) in [4.78, 5) is 0. The Hall–Kier alpha value is -1.23. The fourth-order valence-corrected chi connectivity index (χ4v) is 2.86. The standard InChI is InChI=1S/C13H11IN2/c14-16-12-7-3-1-5-10(12)9-15-11-6-2-4-8-13(11)16/h1-8,15H,9H2. The number of benzene rings is 2. The van der Waals surface area contributed by atoms with E-state index >= 15 is 0 Å². The largest absolute Gasteiger partial charge is 0.379 e. The number of rotatable bonds is 0. The van der Waals surface area contributed by atoms with Crippen molar-refractivity contribution in [2.45, 2.75) is 6.54 Å². The molecule has 2 aromatic rings. The Labute approximate surface area is 109 Å². The summed E-state index contributed by atoms with van der Waals surface area (Å²) >= 11 is 2.36. The smallest absolute Gasteiger partial charge is 0.0742 e. The summed E-state index contributed by atoms with van der Waals surface area (Å²) in [7, 11) is 0. The zero-order valence-corrected chi connectivity index (χ0v) is 10.8.